The molecule has 1 aromatic heterocycles. The molecule has 0 atom stereocenters. The Morgan fingerprint density at radius 2 is 2.05 bits per heavy atom. The highest BCUT2D eigenvalue weighted by Crippen LogP contribution is 2.31. The van der Waals surface area contributed by atoms with Gasteiger partial charge in [-0.25, -0.2) is 9.97 Å². The Balaban J connectivity index is 2.99. The zero-order valence-corrected chi connectivity index (χ0v) is 12.2. The Hall–Kier alpha value is -1.43. The topological polar surface area (TPSA) is 81.0 Å². The van der Waals surface area contributed by atoms with Crippen molar-refractivity contribution in [1.82, 2.24) is 9.97 Å². The fourth-order valence-corrected chi connectivity index (χ4v) is 1.81. The summed E-state index contributed by atoms with van der Waals surface area (Å²) in [5.74, 6) is 0.785. The van der Waals surface area contributed by atoms with Crippen molar-refractivity contribution in [2.75, 3.05) is 11.9 Å². The number of anilines is 1. The highest BCUT2D eigenvalue weighted by atomic mass is 35.5. The van der Waals surface area contributed by atoms with E-state index in [1.165, 1.54) is 0 Å². The van der Waals surface area contributed by atoms with Gasteiger partial charge in [-0.1, -0.05) is 45.2 Å². The van der Waals surface area contributed by atoms with Crippen LogP contribution in [-0.2, 0) is 0 Å². The van der Waals surface area contributed by atoms with E-state index in [2.05, 4.69) is 22.2 Å². The number of nitrogens with one attached hydrogen (secondary N) is 1. The molecule has 106 valence electrons. The molecule has 7 heteroatoms. The molecule has 0 unspecified atom stereocenters. The molecule has 0 aliphatic rings. The zero-order valence-electron chi connectivity index (χ0n) is 11.4. The molecule has 6 nitrogen and oxygen atoms in total. The fraction of sp³-hybridized carbons (Fsp3) is 0.667. The highest BCUT2D eigenvalue weighted by Gasteiger charge is 2.24. The van der Waals surface area contributed by atoms with Crippen molar-refractivity contribution in [3.63, 3.8) is 0 Å². The van der Waals surface area contributed by atoms with Crippen molar-refractivity contribution in [3.05, 3.63) is 21.1 Å². The maximum absolute atomic E-state index is 11.0. The van der Waals surface area contributed by atoms with Crippen LogP contribution < -0.4 is 5.32 Å². The lowest BCUT2D eigenvalue weighted by molar-refractivity contribution is -0.384. The summed E-state index contributed by atoms with van der Waals surface area (Å²) < 4.78 is 0. The first-order valence-electron chi connectivity index (χ1n) is 6.43. The normalized spacial score (nSPS) is 10.8. The largest absolute Gasteiger partial charge is 0.364 e. The fourth-order valence-electron chi connectivity index (χ4n) is 1.57. The van der Waals surface area contributed by atoms with Crippen molar-refractivity contribution >= 4 is 23.1 Å². The predicted molar refractivity (Wildman–Crippen MR) is 75.8 cm³/mol. The third kappa shape index (κ3) is 4.31. The van der Waals surface area contributed by atoms with Gasteiger partial charge in [-0.05, 0) is 6.42 Å². The van der Waals surface area contributed by atoms with E-state index >= 15 is 0 Å². The molecule has 1 N–H and O–H groups in total. The molecule has 0 saturated carbocycles. The van der Waals surface area contributed by atoms with E-state index < -0.39 is 4.92 Å². The highest BCUT2D eigenvalue weighted by molar-refractivity contribution is 6.31. The number of hydrogen-bond acceptors (Lipinski definition) is 5. The van der Waals surface area contributed by atoms with Crippen LogP contribution in [0.25, 0.3) is 0 Å². The Morgan fingerprint density at radius 1 is 1.37 bits per heavy atom. The van der Waals surface area contributed by atoms with E-state index in [0.29, 0.717) is 12.4 Å². The van der Waals surface area contributed by atoms with Gasteiger partial charge in [0.25, 0.3) is 0 Å². The third-order valence-corrected chi connectivity index (χ3v) is 2.89. The number of nitro groups is 1. The molecule has 0 spiro atoms. The van der Waals surface area contributed by atoms with E-state index in [4.69, 9.17) is 11.6 Å². The number of nitrogens with zero attached hydrogens (tertiary/aromatic N) is 3. The SMILES string of the molecule is CCCCCNc1nc(C(C)C)nc(Cl)c1[N+](=O)[O-]. The second-order valence-corrected chi connectivity index (χ2v) is 4.97. The Labute approximate surface area is 117 Å². The maximum atomic E-state index is 11.0. The van der Waals surface area contributed by atoms with Crippen LogP contribution in [-0.4, -0.2) is 21.4 Å². The quantitative estimate of drug-likeness (QED) is 0.357. The molecule has 0 bridgehead atoms. The molecule has 0 radical (unpaired) electrons. The van der Waals surface area contributed by atoms with Gasteiger partial charge in [-0.3, -0.25) is 10.1 Å². The molecule has 0 aliphatic heterocycles. The first-order chi connectivity index (χ1) is 8.97. The van der Waals surface area contributed by atoms with Crippen molar-refractivity contribution in [2.45, 2.75) is 46.0 Å². The maximum Gasteiger partial charge on any atom is 0.348 e. The number of rotatable bonds is 7. The van der Waals surface area contributed by atoms with Crippen molar-refractivity contribution in [1.29, 1.82) is 0 Å². The zero-order chi connectivity index (χ0) is 14.4. The summed E-state index contributed by atoms with van der Waals surface area (Å²) in [6.45, 7) is 6.57. The second-order valence-electron chi connectivity index (χ2n) is 4.62. The van der Waals surface area contributed by atoms with Gasteiger partial charge in [0.05, 0.1) is 4.92 Å². The van der Waals surface area contributed by atoms with Crippen LogP contribution in [0.3, 0.4) is 0 Å². The average molecular weight is 287 g/mol. The summed E-state index contributed by atoms with van der Waals surface area (Å²) in [6, 6.07) is 0. The lowest BCUT2D eigenvalue weighted by atomic mass is 10.2. The van der Waals surface area contributed by atoms with Gasteiger partial charge in [-0.15, -0.1) is 0 Å². The molecule has 0 fully saturated rings. The number of halogens is 1. The van der Waals surface area contributed by atoms with E-state index in [0.717, 1.165) is 19.3 Å². The predicted octanol–water partition coefficient (Wildman–Crippen LogP) is 3.76. The van der Waals surface area contributed by atoms with E-state index in [1.54, 1.807) is 0 Å². The molecule has 1 heterocycles. The number of hydrogen-bond donors (Lipinski definition) is 1. The van der Waals surface area contributed by atoms with Gasteiger partial charge in [-0.2, -0.15) is 0 Å². The van der Waals surface area contributed by atoms with Crippen LogP contribution in [0.1, 0.15) is 51.8 Å². The van der Waals surface area contributed by atoms with Gasteiger partial charge in [0, 0.05) is 12.5 Å². The molecule has 0 amide bonds. The van der Waals surface area contributed by atoms with E-state index in [9.17, 15) is 10.1 Å². The first-order valence-corrected chi connectivity index (χ1v) is 6.80. The van der Waals surface area contributed by atoms with Gasteiger partial charge in [0.15, 0.2) is 0 Å². The first kappa shape index (κ1) is 15.6. The minimum Gasteiger partial charge on any atom is -0.364 e. The lowest BCUT2D eigenvalue weighted by Crippen LogP contribution is -2.10. The molecule has 19 heavy (non-hydrogen) atoms. The van der Waals surface area contributed by atoms with Crippen LogP contribution in [0.2, 0.25) is 5.15 Å². The lowest BCUT2D eigenvalue weighted by Gasteiger charge is -2.10. The number of aromatic nitrogens is 2. The monoisotopic (exact) mass is 286 g/mol. The van der Waals surface area contributed by atoms with Crippen molar-refractivity contribution in [3.8, 4) is 0 Å². The van der Waals surface area contributed by atoms with Crippen LogP contribution in [0.4, 0.5) is 11.5 Å². The second kappa shape index (κ2) is 7.23. The van der Waals surface area contributed by atoms with Gasteiger partial charge < -0.3 is 5.32 Å². The summed E-state index contributed by atoms with van der Waals surface area (Å²) in [4.78, 5) is 18.6. The molecule has 0 aliphatic carbocycles. The summed E-state index contributed by atoms with van der Waals surface area (Å²) in [5.41, 5.74) is -0.248. The third-order valence-electron chi connectivity index (χ3n) is 2.63. The summed E-state index contributed by atoms with van der Waals surface area (Å²) in [6.07, 6.45) is 3.09. The van der Waals surface area contributed by atoms with Crippen molar-refractivity contribution in [2.24, 2.45) is 0 Å². The molecule has 0 saturated heterocycles. The van der Waals surface area contributed by atoms with Crippen LogP contribution in [0.15, 0.2) is 0 Å². The number of unbranched alkanes of at least 4 members (excludes halogenated alkanes) is 2. The molecular weight excluding hydrogens is 268 g/mol. The van der Waals surface area contributed by atoms with Crippen molar-refractivity contribution < 1.29 is 4.92 Å². The molecular formula is C12H19ClN4O2. The molecule has 1 rings (SSSR count). The van der Waals surface area contributed by atoms with E-state index in [-0.39, 0.29) is 22.6 Å². The Bertz CT molecular complexity index is 452. The summed E-state index contributed by atoms with van der Waals surface area (Å²) in [5, 5.41) is 13.9. The Morgan fingerprint density at radius 3 is 2.58 bits per heavy atom. The summed E-state index contributed by atoms with van der Waals surface area (Å²) >= 11 is 5.88. The van der Waals surface area contributed by atoms with Crippen LogP contribution in [0, 0.1) is 10.1 Å². The smallest absolute Gasteiger partial charge is 0.348 e. The van der Waals surface area contributed by atoms with Crippen LogP contribution >= 0.6 is 11.6 Å². The minimum atomic E-state index is -0.547. The summed E-state index contributed by atoms with van der Waals surface area (Å²) in [7, 11) is 0. The van der Waals surface area contributed by atoms with Crippen LogP contribution in [0.5, 0.6) is 0 Å². The van der Waals surface area contributed by atoms with E-state index in [1.807, 2.05) is 13.8 Å². The van der Waals surface area contributed by atoms with Gasteiger partial charge in [0.2, 0.25) is 11.0 Å². The Kier molecular flexibility index (Phi) is 5.95. The molecule has 0 aromatic carbocycles. The molecule has 1 aromatic rings. The van der Waals surface area contributed by atoms with Gasteiger partial charge in [0.1, 0.15) is 5.82 Å². The standard InChI is InChI=1S/C12H19ClN4O2/c1-4-5-6-7-14-12-9(17(18)19)10(13)15-11(16-12)8(2)3/h8H,4-7H2,1-3H3,(H,14,15,16). The minimum absolute atomic E-state index is 0.0643. The van der Waals surface area contributed by atoms with Gasteiger partial charge >= 0.3 is 5.69 Å². The average Bonchev–Trinajstić information content (AvgIpc) is 2.33.